The number of aromatic nitrogens is 1. The highest BCUT2D eigenvalue weighted by Crippen LogP contribution is 2.31. The van der Waals surface area contributed by atoms with Gasteiger partial charge < -0.3 is 14.6 Å². The maximum Gasteiger partial charge on any atom is 0.303 e. The molecule has 1 unspecified atom stereocenters. The van der Waals surface area contributed by atoms with Crippen LogP contribution in [-0.4, -0.2) is 22.5 Å². The van der Waals surface area contributed by atoms with Gasteiger partial charge in [-0.15, -0.1) is 0 Å². The standard InChI is InChI=1S/C19H20N2O3/c1-4-21-17-8-6-5-7-15(17)16-11-14(9-10-18(16)21)20-19(23)12(2)24-13(3)22/h5-12H,4H2,1-3H3,(H,20,23). The summed E-state index contributed by atoms with van der Waals surface area (Å²) in [4.78, 5) is 23.1. The number of para-hydroxylation sites is 1. The number of benzene rings is 2. The molecule has 3 aromatic rings. The highest BCUT2D eigenvalue weighted by molar-refractivity contribution is 6.10. The summed E-state index contributed by atoms with van der Waals surface area (Å²) in [5, 5.41) is 5.05. The molecule has 2 aromatic carbocycles. The summed E-state index contributed by atoms with van der Waals surface area (Å²) in [6, 6.07) is 14.0. The molecule has 0 radical (unpaired) electrons. The predicted molar refractivity (Wildman–Crippen MR) is 95.0 cm³/mol. The SMILES string of the molecule is CCn1c2ccccc2c2cc(NC(=O)C(C)OC(C)=O)ccc21. The van der Waals surface area contributed by atoms with Crippen molar-refractivity contribution in [3.63, 3.8) is 0 Å². The molecule has 5 nitrogen and oxygen atoms in total. The molecule has 0 aliphatic carbocycles. The Balaban J connectivity index is 1.98. The van der Waals surface area contributed by atoms with Gasteiger partial charge in [0.1, 0.15) is 0 Å². The van der Waals surface area contributed by atoms with E-state index in [1.807, 2.05) is 30.3 Å². The molecule has 1 atom stereocenters. The Morgan fingerprint density at radius 3 is 2.54 bits per heavy atom. The van der Waals surface area contributed by atoms with Gasteiger partial charge in [0, 0.05) is 41.0 Å². The summed E-state index contributed by atoms with van der Waals surface area (Å²) in [6.45, 7) is 5.83. The van der Waals surface area contributed by atoms with Crippen LogP contribution in [0.3, 0.4) is 0 Å². The van der Waals surface area contributed by atoms with E-state index in [1.54, 1.807) is 6.92 Å². The van der Waals surface area contributed by atoms with E-state index in [-0.39, 0.29) is 5.91 Å². The van der Waals surface area contributed by atoms with Crippen molar-refractivity contribution >= 4 is 39.4 Å². The van der Waals surface area contributed by atoms with Crippen LogP contribution in [0.4, 0.5) is 5.69 Å². The maximum absolute atomic E-state index is 12.1. The molecule has 1 amide bonds. The molecule has 5 heteroatoms. The van der Waals surface area contributed by atoms with Crippen molar-refractivity contribution in [2.75, 3.05) is 5.32 Å². The van der Waals surface area contributed by atoms with E-state index in [0.717, 1.165) is 22.8 Å². The topological polar surface area (TPSA) is 60.3 Å². The number of fused-ring (bicyclic) bond motifs is 3. The van der Waals surface area contributed by atoms with Gasteiger partial charge >= 0.3 is 5.97 Å². The molecule has 0 aliphatic heterocycles. The normalized spacial score (nSPS) is 12.3. The number of hydrogen-bond acceptors (Lipinski definition) is 3. The minimum Gasteiger partial charge on any atom is -0.453 e. The van der Waals surface area contributed by atoms with Crippen molar-refractivity contribution in [3.8, 4) is 0 Å². The Morgan fingerprint density at radius 1 is 1.12 bits per heavy atom. The molecule has 3 rings (SSSR count). The van der Waals surface area contributed by atoms with Crippen LogP contribution in [0.5, 0.6) is 0 Å². The molecule has 0 spiro atoms. The monoisotopic (exact) mass is 324 g/mol. The summed E-state index contributed by atoms with van der Waals surface area (Å²) < 4.78 is 7.16. The third-order valence-electron chi connectivity index (χ3n) is 4.07. The van der Waals surface area contributed by atoms with Crippen molar-refractivity contribution in [3.05, 3.63) is 42.5 Å². The fourth-order valence-electron chi connectivity index (χ4n) is 3.02. The number of aryl methyl sites for hydroxylation is 1. The first-order chi connectivity index (χ1) is 11.5. The Hall–Kier alpha value is -2.82. The Kier molecular flexibility index (Phi) is 4.25. The molecule has 1 N–H and O–H groups in total. The van der Waals surface area contributed by atoms with Crippen LogP contribution in [0.25, 0.3) is 21.8 Å². The molecular weight excluding hydrogens is 304 g/mol. The van der Waals surface area contributed by atoms with Gasteiger partial charge in [0.25, 0.3) is 5.91 Å². The number of esters is 1. The Morgan fingerprint density at radius 2 is 1.83 bits per heavy atom. The third-order valence-corrected chi connectivity index (χ3v) is 4.07. The number of hydrogen-bond donors (Lipinski definition) is 1. The van der Waals surface area contributed by atoms with Crippen LogP contribution >= 0.6 is 0 Å². The highest BCUT2D eigenvalue weighted by Gasteiger charge is 2.16. The number of carbonyl (C=O) groups is 2. The maximum atomic E-state index is 12.1. The first kappa shape index (κ1) is 16.1. The van der Waals surface area contributed by atoms with Gasteiger partial charge in [-0.3, -0.25) is 9.59 Å². The van der Waals surface area contributed by atoms with Gasteiger partial charge in [-0.25, -0.2) is 0 Å². The van der Waals surface area contributed by atoms with E-state index in [1.165, 1.54) is 12.4 Å². The van der Waals surface area contributed by atoms with Crippen LogP contribution < -0.4 is 5.32 Å². The lowest BCUT2D eigenvalue weighted by molar-refractivity contribution is -0.150. The smallest absolute Gasteiger partial charge is 0.303 e. The molecule has 0 fully saturated rings. The molecule has 0 saturated carbocycles. The summed E-state index contributed by atoms with van der Waals surface area (Å²) in [7, 11) is 0. The largest absolute Gasteiger partial charge is 0.453 e. The molecule has 0 aliphatic rings. The van der Waals surface area contributed by atoms with Gasteiger partial charge in [-0.1, -0.05) is 18.2 Å². The number of carbonyl (C=O) groups excluding carboxylic acids is 2. The van der Waals surface area contributed by atoms with E-state index in [4.69, 9.17) is 4.74 Å². The number of ether oxygens (including phenoxy) is 1. The lowest BCUT2D eigenvalue weighted by Crippen LogP contribution is -2.29. The van der Waals surface area contributed by atoms with Gasteiger partial charge in [-0.05, 0) is 38.1 Å². The van der Waals surface area contributed by atoms with Gasteiger partial charge in [0.2, 0.25) is 0 Å². The lowest BCUT2D eigenvalue weighted by Gasteiger charge is -2.12. The zero-order chi connectivity index (χ0) is 17.3. The number of amides is 1. The molecule has 0 bridgehead atoms. The van der Waals surface area contributed by atoms with Crippen molar-refractivity contribution in [1.29, 1.82) is 0 Å². The summed E-state index contributed by atoms with van der Waals surface area (Å²) in [5.41, 5.74) is 2.99. The number of anilines is 1. The second-order valence-electron chi connectivity index (χ2n) is 5.73. The lowest BCUT2D eigenvalue weighted by atomic mass is 10.1. The second kappa shape index (κ2) is 6.35. The summed E-state index contributed by atoms with van der Waals surface area (Å²) in [6.07, 6.45) is -0.824. The van der Waals surface area contributed by atoms with Gasteiger partial charge in [0.15, 0.2) is 6.10 Å². The second-order valence-corrected chi connectivity index (χ2v) is 5.73. The van der Waals surface area contributed by atoms with Gasteiger partial charge in [0.05, 0.1) is 0 Å². The fourth-order valence-corrected chi connectivity index (χ4v) is 3.02. The average Bonchev–Trinajstić information content (AvgIpc) is 2.87. The van der Waals surface area contributed by atoms with E-state index >= 15 is 0 Å². The summed E-state index contributed by atoms with van der Waals surface area (Å²) >= 11 is 0. The van der Waals surface area contributed by atoms with Crippen LogP contribution in [0.2, 0.25) is 0 Å². The minimum atomic E-state index is -0.824. The van der Waals surface area contributed by atoms with Crippen molar-refractivity contribution in [2.24, 2.45) is 0 Å². The third kappa shape index (κ3) is 2.85. The molecule has 24 heavy (non-hydrogen) atoms. The van der Waals surface area contributed by atoms with Crippen LogP contribution in [0.15, 0.2) is 42.5 Å². The van der Waals surface area contributed by atoms with Crippen molar-refractivity contribution in [2.45, 2.75) is 33.4 Å². The molecule has 1 heterocycles. The molecular formula is C19H20N2O3. The Labute approximate surface area is 140 Å². The number of rotatable bonds is 4. The van der Waals surface area contributed by atoms with Crippen LogP contribution in [0, 0.1) is 0 Å². The first-order valence-electron chi connectivity index (χ1n) is 8.00. The van der Waals surface area contributed by atoms with Gasteiger partial charge in [-0.2, -0.15) is 0 Å². The summed E-state index contributed by atoms with van der Waals surface area (Å²) in [5.74, 6) is -0.817. The zero-order valence-corrected chi connectivity index (χ0v) is 14.0. The Bertz CT molecular complexity index is 927. The van der Waals surface area contributed by atoms with Crippen molar-refractivity contribution < 1.29 is 14.3 Å². The predicted octanol–water partition coefficient (Wildman–Crippen LogP) is 3.70. The quantitative estimate of drug-likeness (QED) is 0.744. The fraction of sp³-hybridized carbons (Fsp3) is 0.263. The molecule has 1 aromatic heterocycles. The first-order valence-corrected chi connectivity index (χ1v) is 8.00. The minimum absolute atomic E-state index is 0.344. The van der Waals surface area contributed by atoms with E-state index in [2.05, 4.69) is 28.9 Å². The van der Waals surface area contributed by atoms with E-state index < -0.39 is 12.1 Å². The molecule has 124 valence electrons. The molecule has 0 saturated heterocycles. The zero-order valence-electron chi connectivity index (χ0n) is 14.0. The van der Waals surface area contributed by atoms with E-state index in [0.29, 0.717) is 5.69 Å². The number of nitrogens with one attached hydrogen (secondary N) is 1. The number of nitrogens with zero attached hydrogens (tertiary/aromatic N) is 1. The van der Waals surface area contributed by atoms with Crippen LogP contribution in [0.1, 0.15) is 20.8 Å². The van der Waals surface area contributed by atoms with Crippen LogP contribution in [-0.2, 0) is 20.9 Å². The van der Waals surface area contributed by atoms with E-state index in [9.17, 15) is 9.59 Å². The van der Waals surface area contributed by atoms with Crippen molar-refractivity contribution in [1.82, 2.24) is 4.57 Å². The highest BCUT2D eigenvalue weighted by atomic mass is 16.5. The average molecular weight is 324 g/mol.